The Morgan fingerprint density at radius 1 is 0.893 bits per heavy atom. The molecule has 28 heavy (non-hydrogen) atoms. The van der Waals surface area contributed by atoms with E-state index < -0.39 is 5.82 Å². The molecule has 0 bridgehead atoms. The number of carbonyl (C=O) groups is 2. The molecule has 6 heteroatoms. The molecule has 0 aliphatic carbocycles. The van der Waals surface area contributed by atoms with Crippen LogP contribution in [0.4, 0.5) is 8.78 Å². The van der Waals surface area contributed by atoms with E-state index in [1.54, 1.807) is 12.1 Å². The van der Waals surface area contributed by atoms with Crippen LogP contribution < -0.4 is 5.32 Å². The molecule has 4 nitrogen and oxygen atoms in total. The molecule has 0 spiro atoms. The summed E-state index contributed by atoms with van der Waals surface area (Å²) < 4.78 is 26.2. The van der Waals surface area contributed by atoms with E-state index in [2.05, 4.69) is 10.2 Å². The summed E-state index contributed by atoms with van der Waals surface area (Å²) in [6.07, 6.45) is 2.37. The van der Waals surface area contributed by atoms with Crippen LogP contribution >= 0.6 is 0 Å². The van der Waals surface area contributed by atoms with Crippen molar-refractivity contribution in [2.24, 2.45) is 0 Å². The number of hydrogen-bond donors (Lipinski definition) is 1. The van der Waals surface area contributed by atoms with Gasteiger partial charge in [-0.15, -0.1) is 0 Å². The molecule has 148 valence electrons. The van der Waals surface area contributed by atoms with E-state index in [0.29, 0.717) is 12.1 Å². The number of hydrogen-bond acceptors (Lipinski definition) is 3. The van der Waals surface area contributed by atoms with Gasteiger partial charge in [-0.2, -0.15) is 0 Å². The van der Waals surface area contributed by atoms with E-state index >= 15 is 0 Å². The average molecular weight is 386 g/mol. The molecule has 1 amide bonds. The largest absolute Gasteiger partial charge is 0.354 e. The van der Waals surface area contributed by atoms with Crippen LogP contribution in [-0.4, -0.2) is 36.2 Å². The highest BCUT2D eigenvalue weighted by atomic mass is 19.1. The van der Waals surface area contributed by atoms with Crippen molar-refractivity contribution in [1.82, 2.24) is 10.2 Å². The Morgan fingerprint density at radius 3 is 2.07 bits per heavy atom. The van der Waals surface area contributed by atoms with Crippen molar-refractivity contribution in [3.63, 3.8) is 0 Å². The SMILES string of the molecule is O=C(CCC(=O)c1ccc(F)cc1)NCC(c1ccc(F)cc1)N1CCCC1. The van der Waals surface area contributed by atoms with E-state index in [9.17, 15) is 18.4 Å². The molecule has 1 fully saturated rings. The molecule has 2 aromatic carbocycles. The first kappa shape index (κ1) is 20.1. The number of Topliss-reactive ketones (excluding diaryl/α,β-unsaturated/α-hetero) is 1. The number of benzene rings is 2. The van der Waals surface area contributed by atoms with Crippen LogP contribution in [0.25, 0.3) is 0 Å². The summed E-state index contributed by atoms with van der Waals surface area (Å²) in [7, 11) is 0. The highest BCUT2D eigenvalue weighted by molar-refractivity contribution is 5.97. The maximum atomic E-state index is 13.2. The van der Waals surface area contributed by atoms with Crippen LogP contribution in [0.2, 0.25) is 0 Å². The van der Waals surface area contributed by atoms with Crippen molar-refractivity contribution in [2.75, 3.05) is 19.6 Å². The standard InChI is InChI=1S/C22H24F2N2O2/c23-18-7-3-16(4-8-18)20(26-13-1-2-14-26)15-25-22(28)12-11-21(27)17-5-9-19(24)10-6-17/h3-10,20H,1-2,11-15H2,(H,25,28). The van der Waals surface area contributed by atoms with E-state index in [-0.39, 0.29) is 36.4 Å². The third-order valence-corrected chi connectivity index (χ3v) is 5.07. The molecule has 0 aromatic heterocycles. The summed E-state index contributed by atoms with van der Waals surface area (Å²) in [5.74, 6) is -1.08. The summed E-state index contributed by atoms with van der Waals surface area (Å²) in [6.45, 7) is 2.30. The molecule has 1 unspecified atom stereocenters. The fourth-order valence-electron chi connectivity index (χ4n) is 3.50. The predicted molar refractivity (Wildman–Crippen MR) is 103 cm³/mol. The zero-order valence-corrected chi connectivity index (χ0v) is 15.7. The van der Waals surface area contributed by atoms with Crippen molar-refractivity contribution in [3.8, 4) is 0 Å². The molecule has 1 aliphatic rings. The lowest BCUT2D eigenvalue weighted by atomic mass is 10.0. The average Bonchev–Trinajstić information content (AvgIpc) is 3.22. The molecular weight excluding hydrogens is 362 g/mol. The van der Waals surface area contributed by atoms with Gasteiger partial charge in [0.15, 0.2) is 5.78 Å². The molecule has 1 heterocycles. The predicted octanol–water partition coefficient (Wildman–Crippen LogP) is 3.88. The maximum absolute atomic E-state index is 13.2. The monoisotopic (exact) mass is 386 g/mol. The van der Waals surface area contributed by atoms with Gasteiger partial charge in [0.2, 0.25) is 5.91 Å². The third kappa shape index (κ3) is 5.45. The fourth-order valence-corrected chi connectivity index (χ4v) is 3.50. The quantitative estimate of drug-likeness (QED) is 0.701. The minimum atomic E-state index is -0.400. The second kappa shape index (κ2) is 9.55. The van der Waals surface area contributed by atoms with Gasteiger partial charge in [-0.1, -0.05) is 12.1 Å². The summed E-state index contributed by atoms with van der Waals surface area (Å²) in [6, 6.07) is 11.7. The molecule has 0 radical (unpaired) electrons. The lowest BCUT2D eigenvalue weighted by molar-refractivity contribution is -0.121. The number of nitrogens with one attached hydrogen (secondary N) is 1. The maximum Gasteiger partial charge on any atom is 0.220 e. The van der Waals surface area contributed by atoms with E-state index in [1.165, 1.54) is 36.4 Å². The highest BCUT2D eigenvalue weighted by Crippen LogP contribution is 2.24. The first-order chi connectivity index (χ1) is 13.5. The van der Waals surface area contributed by atoms with Crippen LogP contribution in [0.5, 0.6) is 0 Å². The van der Waals surface area contributed by atoms with Crippen LogP contribution in [0, 0.1) is 11.6 Å². The highest BCUT2D eigenvalue weighted by Gasteiger charge is 2.24. The summed E-state index contributed by atoms with van der Waals surface area (Å²) in [5, 5.41) is 2.90. The Kier molecular flexibility index (Phi) is 6.87. The normalized spacial score (nSPS) is 15.4. The summed E-state index contributed by atoms with van der Waals surface area (Å²) in [5.41, 5.74) is 1.36. The minimum Gasteiger partial charge on any atom is -0.354 e. The number of carbonyl (C=O) groups excluding carboxylic acids is 2. The molecular formula is C22H24F2N2O2. The Labute approximate surface area is 163 Å². The second-order valence-electron chi connectivity index (χ2n) is 7.04. The van der Waals surface area contributed by atoms with Gasteiger partial charge in [0.05, 0.1) is 6.04 Å². The number of halogens is 2. The lowest BCUT2D eigenvalue weighted by Gasteiger charge is -2.28. The van der Waals surface area contributed by atoms with Crippen molar-refractivity contribution < 1.29 is 18.4 Å². The van der Waals surface area contributed by atoms with Gasteiger partial charge in [-0.05, 0) is 67.9 Å². The molecule has 1 saturated heterocycles. The summed E-state index contributed by atoms with van der Waals surface area (Å²) >= 11 is 0. The summed E-state index contributed by atoms with van der Waals surface area (Å²) in [4.78, 5) is 26.6. The Bertz CT molecular complexity index is 800. The first-order valence-corrected chi connectivity index (χ1v) is 9.58. The van der Waals surface area contributed by atoms with Gasteiger partial charge >= 0.3 is 0 Å². The van der Waals surface area contributed by atoms with Gasteiger partial charge in [0, 0.05) is 24.9 Å². The molecule has 2 aromatic rings. The van der Waals surface area contributed by atoms with Crippen LogP contribution in [0.15, 0.2) is 48.5 Å². The van der Waals surface area contributed by atoms with Gasteiger partial charge in [-0.3, -0.25) is 14.5 Å². The Balaban J connectivity index is 1.53. The Hall–Kier alpha value is -2.60. The molecule has 1 atom stereocenters. The second-order valence-corrected chi connectivity index (χ2v) is 7.04. The zero-order chi connectivity index (χ0) is 19.9. The van der Waals surface area contributed by atoms with E-state index in [4.69, 9.17) is 0 Å². The number of ketones is 1. The number of nitrogens with zero attached hydrogens (tertiary/aromatic N) is 1. The topological polar surface area (TPSA) is 49.4 Å². The molecule has 1 aliphatic heterocycles. The fraction of sp³-hybridized carbons (Fsp3) is 0.364. The van der Waals surface area contributed by atoms with Gasteiger partial charge in [0.1, 0.15) is 11.6 Å². The van der Waals surface area contributed by atoms with E-state index in [0.717, 1.165) is 31.5 Å². The van der Waals surface area contributed by atoms with Crippen LogP contribution in [0.1, 0.15) is 47.6 Å². The minimum absolute atomic E-state index is 0.0140. The molecule has 3 rings (SSSR count). The number of rotatable bonds is 8. The zero-order valence-electron chi connectivity index (χ0n) is 15.7. The van der Waals surface area contributed by atoms with Gasteiger partial charge < -0.3 is 5.32 Å². The number of amides is 1. The van der Waals surface area contributed by atoms with Crippen molar-refractivity contribution in [3.05, 3.63) is 71.3 Å². The van der Waals surface area contributed by atoms with Crippen molar-refractivity contribution >= 4 is 11.7 Å². The third-order valence-electron chi connectivity index (χ3n) is 5.07. The Morgan fingerprint density at radius 2 is 1.46 bits per heavy atom. The van der Waals surface area contributed by atoms with Gasteiger partial charge in [0.25, 0.3) is 0 Å². The molecule has 1 N–H and O–H groups in total. The molecule has 0 saturated carbocycles. The van der Waals surface area contributed by atoms with Crippen molar-refractivity contribution in [1.29, 1.82) is 0 Å². The van der Waals surface area contributed by atoms with E-state index in [1.807, 2.05) is 0 Å². The lowest BCUT2D eigenvalue weighted by Crippen LogP contribution is -2.36. The van der Waals surface area contributed by atoms with Crippen molar-refractivity contribution in [2.45, 2.75) is 31.7 Å². The number of likely N-dealkylation sites (tertiary alicyclic amines) is 1. The smallest absolute Gasteiger partial charge is 0.220 e. The van der Waals surface area contributed by atoms with Crippen LogP contribution in [0.3, 0.4) is 0 Å². The van der Waals surface area contributed by atoms with Crippen LogP contribution in [-0.2, 0) is 4.79 Å². The van der Waals surface area contributed by atoms with Gasteiger partial charge in [-0.25, -0.2) is 8.78 Å². The first-order valence-electron chi connectivity index (χ1n) is 9.58.